The first-order chi connectivity index (χ1) is 23.0. The van der Waals surface area contributed by atoms with Crippen molar-refractivity contribution in [1.29, 1.82) is 0 Å². The van der Waals surface area contributed by atoms with Gasteiger partial charge in [-0.05, 0) is 59.9 Å². The average Bonchev–Trinajstić information content (AvgIpc) is 3.08. The first-order valence-corrected chi connectivity index (χ1v) is 14.5. The molecule has 0 saturated heterocycles. The summed E-state index contributed by atoms with van der Waals surface area (Å²) < 4.78 is 46.4. The highest BCUT2D eigenvalue weighted by Gasteiger charge is 2.22. The second-order valence-electron chi connectivity index (χ2n) is 10.5. The summed E-state index contributed by atoms with van der Waals surface area (Å²) in [5.41, 5.74) is 3.88. The van der Waals surface area contributed by atoms with Gasteiger partial charge >= 0.3 is 17.9 Å². The summed E-state index contributed by atoms with van der Waals surface area (Å²) in [5, 5.41) is 0. The Morgan fingerprint density at radius 1 is 0.771 bits per heavy atom. The lowest BCUT2D eigenvalue weighted by Crippen LogP contribution is -2.07. The van der Waals surface area contributed by atoms with Gasteiger partial charge in [-0.15, -0.1) is 0 Å². The Morgan fingerprint density at radius 3 is 1.94 bits per heavy atom. The molecule has 0 aliphatic heterocycles. The first-order valence-electron chi connectivity index (χ1n) is 14.5. The van der Waals surface area contributed by atoms with Crippen LogP contribution < -0.4 is 4.74 Å². The topological polar surface area (TPSA) is 78.9 Å². The molecule has 0 atom stereocenters. The Hall–Kier alpha value is -6.33. The van der Waals surface area contributed by atoms with E-state index in [4.69, 9.17) is 14.2 Å². The molecule has 0 bridgehead atoms. The van der Waals surface area contributed by atoms with Crippen LogP contribution >= 0.6 is 0 Å². The third-order valence-electron chi connectivity index (χ3n) is 6.76. The molecule has 0 radical (unpaired) electrons. The van der Waals surface area contributed by atoms with Crippen molar-refractivity contribution in [2.24, 2.45) is 0 Å². The summed E-state index contributed by atoms with van der Waals surface area (Å²) in [4.78, 5) is 35.3. The fourth-order valence-corrected chi connectivity index (χ4v) is 4.18. The molecular weight excluding hydrogens is 614 g/mol. The van der Waals surface area contributed by atoms with Crippen molar-refractivity contribution in [3.05, 3.63) is 156 Å². The second-order valence-corrected chi connectivity index (χ2v) is 10.5. The smallest absolute Gasteiger partial charge is 0.337 e. The second kappa shape index (κ2) is 15.8. The van der Waals surface area contributed by atoms with Gasteiger partial charge in [-0.3, -0.25) is 0 Å². The predicted octanol–water partition coefficient (Wildman–Crippen LogP) is 8.50. The Balaban J connectivity index is 1.58. The number of hydrogen-bond donors (Lipinski definition) is 0. The Labute approximate surface area is 277 Å². The summed E-state index contributed by atoms with van der Waals surface area (Å²) in [5.74, 6) is 0.827. The number of carbonyl (C=O) groups excluding carboxylic acids is 3. The molecule has 4 aromatic carbocycles. The lowest BCUT2D eigenvalue weighted by molar-refractivity contribution is -0.140. The monoisotopic (exact) mass is 644 g/mol. The first kappa shape index (κ1) is 34.5. The van der Waals surface area contributed by atoms with Gasteiger partial charge in [-0.2, -0.15) is 0 Å². The van der Waals surface area contributed by atoms with Crippen LogP contribution in [0.5, 0.6) is 5.75 Å². The van der Waals surface area contributed by atoms with Crippen LogP contribution in [0.4, 0.5) is 8.78 Å². The maximum Gasteiger partial charge on any atom is 0.337 e. The SMILES string of the molecule is C=CC(=O)Oc1cc(C#Cc2ccc(COC(=O)C(=C)C)cc2)c(F)c(F)c1-c1ccc(-c2ccc(C=COC(=O)C(=C)C)cc2)cc1. The van der Waals surface area contributed by atoms with Crippen LogP contribution in [0.2, 0.25) is 0 Å². The summed E-state index contributed by atoms with van der Waals surface area (Å²) in [7, 11) is 0. The van der Waals surface area contributed by atoms with Gasteiger partial charge in [-0.25, -0.2) is 23.2 Å². The molecule has 0 fully saturated rings. The fraction of sp³-hybridized carbons (Fsp3) is 0.0750. The van der Waals surface area contributed by atoms with Crippen molar-refractivity contribution in [2.45, 2.75) is 20.5 Å². The largest absolute Gasteiger partial charge is 0.457 e. The molecule has 0 aliphatic rings. The minimum atomic E-state index is -1.24. The molecule has 4 aromatic rings. The lowest BCUT2D eigenvalue weighted by Gasteiger charge is -2.13. The molecular formula is C40H30F2O6. The zero-order chi connectivity index (χ0) is 34.8. The van der Waals surface area contributed by atoms with E-state index in [-0.39, 0.29) is 40.2 Å². The predicted molar refractivity (Wildman–Crippen MR) is 180 cm³/mol. The van der Waals surface area contributed by atoms with E-state index in [1.165, 1.54) is 12.3 Å². The van der Waals surface area contributed by atoms with E-state index in [2.05, 4.69) is 31.6 Å². The van der Waals surface area contributed by atoms with Crippen LogP contribution in [0.25, 0.3) is 28.3 Å². The minimum absolute atomic E-state index is 0.0416. The molecule has 8 heteroatoms. The fourth-order valence-electron chi connectivity index (χ4n) is 4.18. The van der Waals surface area contributed by atoms with Gasteiger partial charge in [-0.1, -0.05) is 92.2 Å². The Bertz CT molecular complexity index is 1990. The van der Waals surface area contributed by atoms with Crippen LogP contribution in [-0.4, -0.2) is 17.9 Å². The zero-order valence-electron chi connectivity index (χ0n) is 26.3. The summed E-state index contributed by atoms with van der Waals surface area (Å²) in [6.45, 7) is 13.6. The van der Waals surface area contributed by atoms with E-state index < -0.39 is 29.5 Å². The summed E-state index contributed by atoms with van der Waals surface area (Å²) >= 11 is 0. The molecule has 6 nitrogen and oxygen atoms in total. The van der Waals surface area contributed by atoms with Crippen LogP contribution in [-0.2, 0) is 30.5 Å². The summed E-state index contributed by atoms with van der Waals surface area (Å²) in [6.07, 6.45) is 3.83. The highest BCUT2D eigenvalue weighted by molar-refractivity contribution is 5.88. The van der Waals surface area contributed by atoms with Crippen molar-refractivity contribution >= 4 is 24.0 Å². The number of ether oxygens (including phenoxy) is 3. The molecule has 48 heavy (non-hydrogen) atoms. The maximum absolute atomic E-state index is 15.7. The van der Waals surface area contributed by atoms with Gasteiger partial charge < -0.3 is 14.2 Å². The lowest BCUT2D eigenvalue weighted by atomic mass is 9.97. The van der Waals surface area contributed by atoms with Crippen molar-refractivity contribution < 1.29 is 37.4 Å². The molecule has 0 saturated carbocycles. The molecule has 0 aromatic heterocycles. The van der Waals surface area contributed by atoms with Gasteiger partial charge in [0.05, 0.1) is 17.4 Å². The van der Waals surface area contributed by atoms with Crippen molar-refractivity contribution in [3.63, 3.8) is 0 Å². The zero-order valence-corrected chi connectivity index (χ0v) is 26.3. The molecule has 0 heterocycles. The summed E-state index contributed by atoms with van der Waals surface area (Å²) in [6, 6.07) is 21.8. The molecule has 0 amide bonds. The molecule has 0 N–H and O–H groups in total. The van der Waals surface area contributed by atoms with E-state index >= 15 is 8.78 Å². The molecule has 0 aliphatic carbocycles. The van der Waals surface area contributed by atoms with Crippen molar-refractivity contribution in [2.75, 3.05) is 0 Å². The maximum atomic E-state index is 15.7. The quantitative estimate of drug-likeness (QED) is 0.0567. The minimum Gasteiger partial charge on any atom is -0.457 e. The van der Waals surface area contributed by atoms with E-state index in [1.54, 1.807) is 68.5 Å². The van der Waals surface area contributed by atoms with Gasteiger partial charge in [0.2, 0.25) is 0 Å². The third kappa shape index (κ3) is 8.89. The number of benzene rings is 4. The van der Waals surface area contributed by atoms with E-state index in [1.807, 2.05) is 24.3 Å². The van der Waals surface area contributed by atoms with E-state index in [0.717, 1.165) is 22.8 Å². The number of rotatable bonds is 10. The highest BCUT2D eigenvalue weighted by Crippen LogP contribution is 2.37. The number of esters is 3. The number of halogens is 2. The Kier molecular flexibility index (Phi) is 11.4. The van der Waals surface area contributed by atoms with Crippen LogP contribution in [0, 0.1) is 23.5 Å². The molecule has 240 valence electrons. The number of carbonyl (C=O) groups is 3. The van der Waals surface area contributed by atoms with Gasteiger partial charge in [0, 0.05) is 28.9 Å². The standard InChI is InChI=1S/C40H30F2O6/c1-6-35(43)48-34-23-33(16-13-27-7-9-29(10-8-27)24-47-40(45)26(4)5)37(41)38(42)36(34)32-19-17-31(18-20-32)30-14-11-28(12-15-30)21-22-46-39(44)25(2)3/h6-12,14-15,17-23H,1-2,4,24H2,3,5H3. The molecule has 0 spiro atoms. The van der Waals surface area contributed by atoms with Crippen molar-refractivity contribution in [1.82, 2.24) is 0 Å². The molecule has 0 unspecified atom stereocenters. The van der Waals surface area contributed by atoms with Crippen LogP contribution in [0.1, 0.15) is 36.1 Å². The van der Waals surface area contributed by atoms with Gasteiger partial charge in [0.15, 0.2) is 11.6 Å². The average molecular weight is 645 g/mol. The Morgan fingerprint density at radius 2 is 1.35 bits per heavy atom. The van der Waals surface area contributed by atoms with E-state index in [9.17, 15) is 14.4 Å². The van der Waals surface area contributed by atoms with Crippen LogP contribution in [0.3, 0.4) is 0 Å². The van der Waals surface area contributed by atoms with Gasteiger partial charge in [0.1, 0.15) is 12.4 Å². The normalized spacial score (nSPS) is 10.4. The van der Waals surface area contributed by atoms with E-state index in [0.29, 0.717) is 11.1 Å². The van der Waals surface area contributed by atoms with Crippen LogP contribution in [0.15, 0.2) is 122 Å². The van der Waals surface area contributed by atoms with Gasteiger partial charge in [0.25, 0.3) is 0 Å². The molecule has 4 rings (SSSR count). The number of hydrogen-bond acceptors (Lipinski definition) is 6. The van der Waals surface area contributed by atoms with Crippen molar-refractivity contribution in [3.8, 4) is 39.8 Å². The highest BCUT2D eigenvalue weighted by atomic mass is 19.2. The third-order valence-corrected chi connectivity index (χ3v) is 6.76.